The van der Waals surface area contributed by atoms with Crippen LogP contribution in [0.2, 0.25) is 0 Å². The Morgan fingerprint density at radius 2 is 1.83 bits per heavy atom. The molecule has 124 valence electrons. The van der Waals surface area contributed by atoms with Crippen LogP contribution in [0.3, 0.4) is 0 Å². The third-order valence-electron chi connectivity index (χ3n) is 3.75. The van der Waals surface area contributed by atoms with E-state index in [4.69, 9.17) is 0 Å². The molecule has 0 spiro atoms. The van der Waals surface area contributed by atoms with Crippen molar-refractivity contribution in [3.63, 3.8) is 0 Å². The maximum atomic E-state index is 12.4. The molecule has 0 bridgehead atoms. The summed E-state index contributed by atoms with van der Waals surface area (Å²) in [6.07, 6.45) is 0.430. The van der Waals surface area contributed by atoms with Crippen LogP contribution in [0.15, 0.2) is 53.1 Å². The van der Waals surface area contributed by atoms with Crippen molar-refractivity contribution in [2.24, 2.45) is 0 Å². The molecule has 0 amide bonds. The van der Waals surface area contributed by atoms with Crippen molar-refractivity contribution in [3.05, 3.63) is 65.1 Å². The normalized spacial score (nSPS) is 16.0. The van der Waals surface area contributed by atoms with Crippen molar-refractivity contribution in [3.8, 4) is 0 Å². The monoisotopic (exact) mass is 346 g/mol. The lowest BCUT2D eigenvalue weighted by Crippen LogP contribution is -2.35. The number of fused-ring (bicyclic) bond motifs is 1. The number of hydrogen-bond donors (Lipinski definition) is 2. The number of likely N-dealkylation sites (N-methyl/N-ethyl adjacent to an activating group) is 1. The van der Waals surface area contributed by atoms with Crippen molar-refractivity contribution in [2.45, 2.75) is 11.3 Å². The van der Waals surface area contributed by atoms with Gasteiger partial charge in [0.25, 0.3) is 10.0 Å². The summed E-state index contributed by atoms with van der Waals surface area (Å²) in [5, 5.41) is 19.4. The van der Waals surface area contributed by atoms with Crippen LogP contribution in [0.4, 0.5) is 0 Å². The maximum absolute atomic E-state index is 12.4. The number of aromatic nitrogens is 1. The molecule has 0 radical (unpaired) electrons. The number of carboxylic acids is 1. The Morgan fingerprint density at radius 1 is 1.17 bits per heavy atom. The predicted octanol–water partition coefficient (Wildman–Crippen LogP) is 1.62. The molecule has 2 N–H and O–H groups in total. The highest BCUT2D eigenvalue weighted by molar-refractivity contribution is 7.89. The number of aliphatic hydroxyl groups is 1. The molecule has 1 aliphatic heterocycles. The highest BCUT2D eigenvalue weighted by atomic mass is 32.2. The van der Waals surface area contributed by atoms with Crippen LogP contribution in [-0.2, 0) is 21.2 Å². The lowest BCUT2D eigenvalue weighted by molar-refractivity contribution is -0.133. The number of aliphatic hydroxyl groups excluding tert-OH is 1. The van der Waals surface area contributed by atoms with Gasteiger partial charge in [-0.25, -0.2) is 18.2 Å². The van der Waals surface area contributed by atoms with Crippen LogP contribution in [0, 0.1) is 0 Å². The second kappa shape index (κ2) is 5.64. The Balaban J connectivity index is 2.14. The van der Waals surface area contributed by atoms with Crippen LogP contribution in [0.5, 0.6) is 0 Å². The average molecular weight is 346 g/mol. The first-order valence-corrected chi connectivity index (χ1v) is 8.46. The number of hydrogen-bond acceptors (Lipinski definition) is 5. The quantitative estimate of drug-likeness (QED) is 0.874. The molecule has 2 heterocycles. The standard InChI is InChI=1S/C16H14N2O5S/c1-18-14(16(20)21)15(19)13-12(24(18,22)23)8-7-11(17-13)9-10-5-3-2-4-6-10/h2-8,19H,9H2,1H3,(H,20,21). The van der Waals surface area contributed by atoms with Crippen LogP contribution in [0.1, 0.15) is 17.0 Å². The highest BCUT2D eigenvalue weighted by Gasteiger charge is 2.39. The van der Waals surface area contributed by atoms with Gasteiger partial charge in [-0.1, -0.05) is 30.3 Å². The van der Waals surface area contributed by atoms with Crippen molar-refractivity contribution in [1.82, 2.24) is 9.29 Å². The van der Waals surface area contributed by atoms with Crippen molar-refractivity contribution < 1.29 is 23.4 Å². The van der Waals surface area contributed by atoms with Crippen LogP contribution in [0.25, 0.3) is 5.76 Å². The molecule has 0 fully saturated rings. The Kier molecular flexibility index (Phi) is 3.76. The molecule has 8 heteroatoms. The van der Waals surface area contributed by atoms with Gasteiger partial charge in [0.15, 0.2) is 11.5 Å². The second-order valence-corrected chi connectivity index (χ2v) is 7.22. The number of aliphatic carboxylic acids is 1. The van der Waals surface area contributed by atoms with Gasteiger partial charge in [0.1, 0.15) is 10.6 Å². The van der Waals surface area contributed by atoms with Crippen molar-refractivity contribution in [2.75, 3.05) is 7.05 Å². The first-order valence-electron chi connectivity index (χ1n) is 7.02. The second-order valence-electron chi connectivity index (χ2n) is 5.29. The fourth-order valence-electron chi connectivity index (χ4n) is 2.53. The fourth-order valence-corrected chi connectivity index (χ4v) is 3.86. The van der Waals surface area contributed by atoms with Gasteiger partial charge >= 0.3 is 5.97 Å². The minimum Gasteiger partial charge on any atom is -0.504 e. The van der Waals surface area contributed by atoms with Gasteiger partial charge in [0.2, 0.25) is 0 Å². The number of carboxylic acid groups (broad SMARTS) is 1. The Bertz CT molecular complexity index is 952. The Hall–Kier alpha value is -2.87. The van der Waals surface area contributed by atoms with E-state index in [1.807, 2.05) is 30.3 Å². The maximum Gasteiger partial charge on any atom is 0.357 e. The van der Waals surface area contributed by atoms with Crippen molar-refractivity contribution in [1.29, 1.82) is 0 Å². The molecule has 7 nitrogen and oxygen atoms in total. The number of benzene rings is 1. The zero-order valence-corrected chi connectivity index (χ0v) is 13.5. The molecule has 0 saturated carbocycles. The van der Waals surface area contributed by atoms with E-state index in [2.05, 4.69) is 4.98 Å². The zero-order valence-electron chi connectivity index (χ0n) is 12.7. The van der Waals surface area contributed by atoms with E-state index in [1.54, 1.807) is 6.07 Å². The van der Waals surface area contributed by atoms with Crippen LogP contribution >= 0.6 is 0 Å². The first-order chi connectivity index (χ1) is 11.3. The number of carbonyl (C=O) groups is 1. The number of rotatable bonds is 3. The number of pyridine rings is 1. The van der Waals surface area contributed by atoms with Crippen molar-refractivity contribution >= 4 is 21.8 Å². The smallest absolute Gasteiger partial charge is 0.357 e. The lowest BCUT2D eigenvalue weighted by atomic mass is 10.1. The Morgan fingerprint density at radius 3 is 2.46 bits per heavy atom. The summed E-state index contributed by atoms with van der Waals surface area (Å²) in [6.45, 7) is 0. The third kappa shape index (κ3) is 2.50. The summed E-state index contributed by atoms with van der Waals surface area (Å²) < 4.78 is 25.4. The van der Waals surface area contributed by atoms with Gasteiger partial charge in [-0.2, -0.15) is 0 Å². The van der Waals surface area contributed by atoms with Gasteiger partial charge in [0, 0.05) is 19.2 Å². The average Bonchev–Trinajstić information content (AvgIpc) is 2.54. The van der Waals surface area contributed by atoms with E-state index in [0.29, 0.717) is 16.4 Å². The molecular formula is C16H14N2O5S. The van der Waals surface area contributed by atoms with Gasteiger partial charge < -0.3 is 10.2 Å². The summed E-state index contributed by atoms with van der Waals surface area (Å²) in [7, 11) is -2.99. The Labute approximate surface area is 138 Å². The van der Waals surface area contributed by atoms with Crippen LogP contribution < -0.4 is 0 Å². The van der Waals surface area contributed by atoms with Gasteiger partial charge in [0.05, 0.1) is 0 Å². The van der Waals surface area contributed by atoms with E-state index in [1.165, 1.54) is 6.07 Å². The predicted molar refractivity (Wildman–Crippen MR) is 85.6 cm³/mol. The van der Waals surface area contributed by atoms with E-state index in [9.17, 15) is 23.4 Å². The lowest BCUT2D eigenvalue weighted by Gasteiger charge is -2.26. The van der Waals surface area contributed by atoms with E-state index in [-0.39, 0.29) is 10.6 Å². The molecule has 0 aliphatic carbocycles. The SMILES string of the molecule is CN1C(C(=O)O)=C(O)c2nc(Cc3ccccc3)ccc2S1(=O)=O. The molecule has 24 heavy (non-hydrogen) atoms. The number of sulfonamides is 1. The molecular weight excluding hydrogens is 332 g/mol. The van der Waals surface area contributed by atoms with E-state index >= 15 is 0 Å². The minimum atomic E-state index is -4.07. The highest BCUT2D eigenvalue weighted by Crippen LogP contribution is 2.33. The summed E-state index contributed by atoms with van der Waals surface area (Å²) in [4.78, 5) is 15.3. The summed E-state index contributed by atoms with van der Waals surface area (Å²) in [6, 6.07) is 12.3. The van der Waals surface area contributed by atoms with Gasteiger partial charge in [-0.3, -0.25) is 4.31 Å². The van der Waals surface area contributed by atoms with Gasteiger partial charge in [-0.15, -0.1) is 0 Å². The van der Waals surface area contributed by atoms with Crippen LogP contribution in [-0.4, -0.2) is 40.9 Å². The molecule has 0 saturated heterocycles. The van der Waals surface area contributed by atoms with E-state index < -0.39 is 27.4 Å². The summed E-state index contributed by atoms with van der Waals surface area (Å²) in [5.41, 5.74) is 0.532. The molecule has 3 rings (SSSR count). The van der Waals surface area contributed by atoms with Gasteiger partial charge in [-0.05, 0) is 17.7 Å². The zero-order chi connectivity index (χ0) is 17.5. The topological polar surface area (TPSA) is 108 Å². The largest absolute Gasteiger partial charge is 0.504 e. The summed E-state index contributed by atoms with van der Waals surface area (Å²) in [5.74, 6) is -2.20. The molecule has 2 aromatic rings. The first kappa shape index (κ1) is 16.0. The molecule has 1 aromatic heterocycles. The molecule has 1 aromatic carbocycles. The minimum absolute atomic E-state index is 0.218. The fraction of sp³-hybridized carbons (Fsp3) is 0.125. The number of nitrogens with zero attached hydrogens (tertiary/aromatic N) is 2. The molecule has 0 atom stereocenters. The molecule has 0 unspecified atom stereocenters. The third-order valence-corrected chi connectivity index (χ3v) is 5.54. The summed E-state index contributed by atoms with van der Waals surface area (Å²) >= 11 is 0. The van der Waals surface area contributed by atoms with E-state index in [0.717, 1.165) is 12.6 Å². The molecule has 1 aliphatic rings.